The van der Waals surface area contributed by atoms with E-state index in [-0.39, 0.29) is 6.04 Å². The largest absolute Gasteiger partial charge is 0.353 e. The third-order valence-corrected chi connectivity index (χ3v) is 7.31. The minimum Gasteiger partial charge on any atom is -0.353 e. The molecule has 5 nitrogen and oxygen atoms in total. The Morgan fingerprint density at radius 1 is 1.00 bits per heavy atom. The van der Waals surface area contributed by atoms with Crippen LogP contribution in [0.2, 0.25) is 0 Å². The fraction of sp³-hybridized carbons (Fsp3) is 0.500. The topological polar surface area (TPSA) is 54.3 Å². The first-order valence-corrected chi connectivity index (χ1v) is 10.3. The summed E-state index contributed by atoms with van der Waals surface area (Å²) in [6, 6.07) is 3.95. The number of nitrogens with one attached hydrogen (secondary N) is 1. The zero-order valence-corrected chi connectivity index (χ0v) is 18.0. The molecule has 0 spiro atoms. The quantitative estimate of drug-likeness (QED) is 0.841. The number of hydrogen-bond donors (Lipinski definition) is 1. The van der Waals surface area contributed by atoms with E-state index in [9.17, 15) is 8.42 Å². The summed E-state index contributed by atoms with van der Waals surface area (Å²) >= 11 is 0. The predicted octanol–water partition coefficient (Wildman–Crippen LogP) is 3.15. The smallest absolute Gasteiger partial charge is 0.241 e. The second-order valence-corrected chi connectivity index (χ2v) is 9.03. The molecule has 1 heterocycles. The van der Waals surface area contributed by atoms with Crippen LogP contribution < -0.4 is 4.72 Å². The van der Waals surface area contributed by atoms with Crippen LogP contribution >= 0.6 is 0 Å². The molecule has 0 amide bonds. The van der Waals surface area contributed by atoms with Gasteiger partial charge in [-0.05, 0) is 88.7 Å². The van der Waals surface area contributed by atoms with Crippen molar-refractivity contribution in [2.24, 2.45) is 7.05 Å². The van der Waals surface area contributed by atoms with Crippen molar-refractivity contribution in [1.82, 2.24) is 14.2 Å². The van der Waals surface area contributed by atoms with Gasteiger partial charge in [0.15, 0.2) is 0 Å². The average molecular weight is 378 g/mol. The molecule has 0 aliphatic rings. The summed E-state index contributed by atoms with van der Waals surface area (Å²) in [6.45, 7) is 10.1. The van der Waals surface area contributed by atoms with Crippen LogP contribution in [0.4, 0.5) is 0 Å². The normalized spacial score (nSPS) is 13.4. The molecule has 6 heteroatoms. The van der Waals surface area contributed by atoms with Crippen molar-refractivity contribution in [2.75, 3.05) is 20.6 Å². The molecule has 2 rings (SSSR count). The van der Waals surface area contributed by atoms with Crippen molar-refractivity contribution < 1.29 is 8.42 Å². The fourth-order valence-corrected chi connectivity index (χ4v) is 5.14. The molecule has 1 unspecified atom stereocenters. The molecule has 0 bridgehead atoms. The van der Waals surface area contributed by atoms with Gasteiger partial charge in [0.05, 0.1) is 10.9 Å². The third kappa shape index (κ3) is 3.72. The van der Waals surface area contributed by atoms with Crippen LogP contribution in [0.3, 0.4) is 0 Å². The molecule has 1 N–H and O–H groups in total. The minimum absolute atomic E-state index is 0.0435. The highest BCUT2D eigenvalue weighted by Crippen LogP contribution is 2.29. The average Bonchev–Trinajstić information content (AvgIpc) is 2.96. The van der Waals surface area contributed by atoms with Gasteiger partial charge in [0.2, 0.25) is 10.0 Å². The molecule has 0 aliphatic heterocycles. The Hall–Kier alpha value is -1.63. The highest BCUT2D eigenvalue weighted by Gasteiger charge is 2.26. The van der Waals surface area contributed by atoms with E-state index in [2.05, 4.69) is 4.72 Å². The van der Waals surface area contributed by atoms with Crippen molar-refractivity contribution in [3.63, 3.8) is 0 Å². The maximum Gasteiger partial charge on any atom is 0.241 e. The van der Waals surface area contributed by atoms with Crippen LogP contribution in [-0.2, 0) is 17.1 Å². The maximum atomic E-state index is 13.1. The van der Waals surface area contributed by atoms with Crippen LogP contribution in [0.1, 0.15) is 39.6 Å². The van der Waals surface area contributed by atoms with Gasteiger partial charge in [-0.3, -0.25) is 4.90 Å². The monoisotopic (exact) mass is 377 g/mol. The highest BCUT2D eigenvalue weighted by molar-refractivity contribution is 7.89. The number of aromatic nitrogens is 1. The summed E-state index contributed by atoms with van der Waals surface area (Å²) in [5.74, 6) is 0. The standard InChI is InChI=1S/C20H31N3O2S/c1-13-14(2)16(4)20(17(5)15(13)3)26(24,25)21-12-19(22(6)7)18-10-9-11-23(18)8/h9-11,19,21H,12H2,1-8H3. The second-order valence-electron chi connectivity index (χ2n) is 7.33. The van der Waals surface area contributed by atoms with E-state index in [4.69, 9.17) is 0 Å². The van der Waals surface area contributed by atoms with E-state index in [0.29, 0.717) is 11.4 Å². The van der Waals surface area contributed by atoms with Crippen LogP contribution in [0.25, 0.3) is 0 Å². The molecule has 0 fully saturated rings. The van der Waals surface area contributed by atoms with E-state index in [1.165, 1.54) is 0 Å². The Labute approximate surface area is 158 Å². The molecule has 26 heavy (non-hydrogen) atoms. The maximum absolute atomic E-state index is 13.1. The molecule has 1 aromatic heterocycles. The van der Waals surface area contributed by atoms with Gasteiger partial charge in [0.1, 0.15) is 0 Å². The van der Waals surface area contributed by atoms with Gasteiger partial charge in [0.25, 0.3) is 0 Å². The zero-order chi connectivity index (χ0) is 19.8. The number of aryl methyl sites for hydroxylation is 1. The number of benzene rings is 1. The van der Waals surface area contributed by atoms with E-state index in [0.717, 1.165) is 33.5 Å². The SMILES string of the molecule is Cc1c(C)c(C)c(S(=O)(=O)NCC(c2cccn2C)N(C)C)c(C)c1C. The van der Waals surface area contributed by atoms with E-state index in [1.54, 1.807) is 0 Å². The number of likely N-dealkylation sites (N-methyl/N-ethyl adjacent to an activating group) is 1. The van der Waals surface area contributed by atoms with Crippen molar-refractivity contribution in [1.29, 1.82) is 0 Å². The summed E-state index contributed by atoms with van der Waals surface area (Å²) in [5.41, 5.74) is 5.98. The number of sulfonamides is 1. The lowest BCUT2D eigenvalue weighted by Crippen LogP contribution is -2.36. The van der Waals surface area contributed by atoms with Gasteiger partial charge in [-0.25, -0.2) is 13.1 Å². The lowest BCUT2D eigenvalue weighted by Gasteiger charge is -2.26. The lowest BCUT2D eigenvalue weighted by atomic mass is 9.95. The van der Waals surface area contributed by atoms with Crippen molar-refractivity contribution >= 4 is 10.0 Å². The van der Waals surface area contributed by atoms with Gasteiger partial charge < -0.3 is 4.57 Å². The first-order chi connectivity index (χ1) is 12.0. The molecule has 0 aliphatic carbocycles. The number of hydrogen-bond acceptors (Lipinski definition) is 3. The van der Waals surface area contributed by atoms with E-state index in [1.807, 2.05) is 83.6 Å². The first-order valence-electron chi connectivity index (χ1n) is 8.83. The Bertz CT molecular complexity index is 882. The van der Waals surface area contributed by atoms with Gasteiger partial charge in [-0.15, -0.1) is 0 Å². The number of nitrogens with zero attached hydrogens (tertiary/aromatic N) is 2. The van der Waals surface area contributed by atoms with Crippen LogP contribution in [0.15, 0.2) is 23.2 Å². The molecule has 0 radical (unpaired) electrons. The second kappa shape index (κ2) is 7.55. The van der Waals surface area contributed by atoms with Crippen LogP contribution in [0.5, 0.6) is 0 Å². The van der Waals surface area contributed by atoms with E-state index < -0.39 is 10.0 Å². The Morgan fingerprint density at radius 3 is 1.92 bits per heavy atom. The molecule has 1 aromatic carbocycles. The summed E-state index contributed by atoms with van der Waals surface area (Å²) in [4.78, 5) is 2.45. The fourth-order valence-electron chi connectivity index (χ4n) is 3.50. The molecule has 144 valence electrons. The Balaban J connectivity index is 2.39. The molecule has 2 aromatic rings. The third-order valence-electron chi connectivity index (χ3n) is 5.62. The molecular formula is C20H31N3O2S. The van der Waals surface area contributed by atoms with Gasteiger partial charge >= 0.3 is 0 Å². The highest BCUT2D eigenvalue weighted by atomic mass is 32.2. The van der Waals surface area contributed by atoms with Crippen LogP contribution in [-0.4, -0.2) is 38.5 Å². The van der Waals surface area contributed by atoms with Crippen molar-refractivity contribution in [2.45, 2.75) is 45.6 Å². The van der Waals surface area contributed by atoms with E-state index >= 15 is 0 Å². The van der Waals surface area contributed by atoms with Gasteiger partial charge in [-0.2, -0.15) is 0 Å². The van der Waals surface area contributed by atoms with Gasteiger partial charge in [-0.1, -0.05) is 0 Å². The summed E-state index contributed by atoms with van der Waals surface area (Å²) in [5, 5.41) is 0. The Kier molecular flexibility index (Phi) is 6.00. The lowest BCUT2D eigenvalue weighted by molar-refractivity contribution is 0.289. The molecule has 1 atom stereocenters. The van der Waals surface area contributed by atoms with Gasteiger partial charge in [0, 0.05) is 25.5 Å². The first kappa shape index (κ1) is 20.7. The predicted molar refractivity (Wildman–Crippen MR) is 107 cm³/mol. The molecular weight excluding hydrogens is 346 g/mol. The van der Waals surface area contributed by atoms with Crippen molar-refractivity contribution in [3.8, 4) is 0 Å². The zero-order valence-electron chi connectivity index (χ0n) is 17.1. The molecule has 0 saturated heterocycles. The van der Waals surface area contributed by atoms with Crippen molar-refractivity contribution in [3.05, 3.63) is 51.8 Å². The Morgan fingerprint density at radius 2 is 1.50 bits per heavy atom. The summed E-state index contributed by atoms with van der Waals surface area (Å²) < 4.78 is 31.1. The van der Waals surface area contributed by atoms with Crippen LogP contribution in [0, 0.1) is 34.6 Å². The molecule has 0 saturated carbocycles. The summed E-state index contributed by atoms with van der Waals surface area (Å²) in [6.07, 6.45) is 1.97. The summed E-state index contributed by atoms with van der Waals surface area (Å²) in [7, 11) is 2.29. The minimum atomic E-state index is -3.60. The number of rotatable bonds is 6.